The number of hydrogen-bond acceptors (Lipinski definition) is 6. The zero-order chi connectivity index (χ0) is 39.6. The van der Waals surface area contributed by atoms with Crippen LogP contribution in [0.15, 0.2) is 203 Å². The molecule has 0 bridgehead atoms. The summed E-state index contributed by atoms with van der Waals surface area (Å²) in [5.74, 6) is 1.22. The molecule has 12 aromatic rings. The number of benzene rings is 9. The molecule has 0 amide bonds. The van der Waals surface area contributed by atoms with Crippen LogP contribution in [-0.2, 0) is 0 Å². The second-order valence-corrected chi connectivity index (χ2v) is 15.0. The Kier molecular flexibility index (Phi) is 7.74. The highest BCUT2D eigenvalue weighted by molar-refractivity contribution is 6.10. The molecule has 0 unspecified atom stereocenters. The maximum absolute atomic E-state index is 6.07. The van der Waals surface area contributed by atoms with Crippen molar-refractivity contribution in [3.8, 4) is 67.7 Å². The molecule has 0 N–H and O–H groups in total. The van der Waals surface area contributed by atoms with Crippen molar-refractivity contribution in [3.05, 3.63) is 194 Å². The molecule has 0 spiro atoms. The van der Waals surface area contributed by atoms with Crippen molar-refractivity contribution < 1.29 is 8.83 Å². The molecule has 0 aliphatic carbocycles. The van der Waals surface area contributed by atoms with Gasteiger partial charge in [-0.25, -0.2) is 19.9 Å². The average Bonchev–Trinajstić information content (AvgIpc) is 3.96. The fraction of sp³-hybridized carbons (Fsp3) is 0. The zero-order valence-electron chi connectivity index (χ0n) is 32.1. The van der Waals surface area contributed by atoms with E-state index in [1.807, 2.05) is 72.8 Å². The van der Waals surface area contributed by atoms with Crippen molar-refractivity contribution in [2.24, 2.45) is 0 Å². The van der Waals surface area contributed by atoms with Gasteiger partial charge in [-0.3, -0.25) is 0 Å². The summed E-state index contributed by atoms with van der Waals surface area (Å²) < 4.78 is 12.1. The first kappa shape index (κ1) is 33.9. The predicted octanol–water partition coefficient (Wildman–Crippen LogP) is 14.2. The third-order valence-corrected chi connectivity index (χ3v) is 11.4. The van der Waals surface area contributed by atoms with Crippen molar-refractivity contribution in [1.82, 2.24) is 19.9 Å². The Balaban J connectivity index is 0.969. The van der Waals surface area contributed by atoms with Gasteiger partial charge in [-0.05, 0) is 104 Å². The summed E-state index contributed by atoms with van der Waals surface area (Å²) in [5, 5.41) is 4.46. The Morgan fingerprint density at radius 2 is 0.583 bits per heavy atom. The van der Waals surface area contributed by atoms with E-state index in [4.69, 9.17) is 28.8 Å². The Morgan fingerprint density at radius 3 is 0.983 bits per heavy atom. The molecule has 0 aliphatic heterocycles. The molecule has 6 heteroatoms. The molecular weight excluding hydrogens is 737 g/mol. The Labute approximate surface area is 344 Å². The molecule has 3 heterocycles. The largest absolute Gasteiger partial charge is 0.436 e. The van der Waals surface area contributed by atoms with Crippen molar-refractivity contribution in [2.45, 2.75) is 0 Å². The second kappa shape index (κ2) is 13.7. The summed E-state index contributed by atoms with van der Waals surface area (Å²) in [6.07, 6.45) is 0. The van der Waals surface area contributed by atoms with Gasteiger partial charge in [0.1, 0.15) is 11.0 Å². The zero-order valence-corrected chi connectivity index (χ0v) is 32.1. The van der Waals surface area contributed by atoms with Gasteiger partial charge in [-0.1, -0.05) is 133 Å². The van der Waals surface area contributed by atoms with Crippen LogP contribution in [0.4, 0.5) is 0 Å². The number of rotatable bonds is 6. The third-order valence-electron chi connectivity index (χ3n) is 11.4. The fourth-order valence-corrected chi connectivity index (χ4v) is 8.49. The van der Waals surface area contributed by atoms with Crippen LogP contribution < -0.4 is 0 Å². The smallest absolute Gasteiger partial charge is 0.227 e. The van der Waals surface area contributed by atoms with Crippen LogP contribution in [0.3, 0.4) is 0 Å². The normalized spacial score (nSPS) is 11.7. The van der Waals surface area contributed by atoms with Crippen LogP contribution in [0, 0.1) is 0 Å². The van der Waals surface area contributed by atoms with Gasteiger partial charge >= 0.3 is 0 Å². The van der Waals surface area contributed by atoms with Gasteiger partial charge in [0.05, 0.1) is 22.4 Å². The van der Waals surface area contributed by atoms with E-state index < -0.39 is 0 Å². The van der Waals surface area contributed by atoms with Crippen LogP contribution >= 0.6 is 0 Å². The van der Waals surface area contributed by atoms with E-state index in [-0.39, 0.29) is 0 Å². The lowest BCUT2D eigenvalue weighted by molar-refractivity contribution is 0.619. The Morgan fingerprint density at radius 1 is 0.250 bits per heavy atom. The summed E-state index contributed by atoms with van der Waals surface area (Å²) in [6.45, 7) is 0. The van der Waals surface area contributed by atoms with Gasteiger partial charge in [-0.15, -0.1) is 0 Å². The summed E-state index contributed by atoms with van der Waals surface area (Å²) in [5.41, 5.74) is 15.0. The molecule has 3 aromatic heterocycles. The highest BCUT2D eigenvalue weighted by Crippen LogP contribution is 2.42. The predicted molar refractivity (Wildman–Crippen MR) is 242 cm³/mol. The molecule has 9 aromatic carbocycles. The van der Waals surface area contributed by atoms with E-state index in [1.54, 1.807) is 0 Å². The van der Waals surface area contributed by atoms with Crippen LogP contribution in [0.1, 0.15) is 0 Å². The van der Waals surface area contributed by atoms with E-state index in [0.717, 1.165) is 111 Å². The lowest BCUT2D eigenvalue weighted by Crippen LogP contribution is -1.97. The van der Waals surface area contributed by atoms with Crippen molar-refractivity contribution in [1.29, 1.82) is 0 Å². The highest BCUT2D eigenvalue weighted by atomic mass is 16.4. The van der Waals surface area contributed by atoms with Crippen LogP contribution in [0.2, 0.25) is 0 Å². The number of nitrogens with zero attached hydrogens (tertiary/aromatic N) is 4. The van der Waals surface area contributed by atoms with Crippen molar-refractivity contribution >= 4 is 54.8 Å². The van der Waals surface area contributed by atoms with E-state index in [0.29, 0.717) is 11.8 Å². The molecule has 12 rings (SSSR count). The third kappa shape index (κ3) is 5.65. The van der Waals surface area contributed by atoms with E-state index in [1.165, 1.54) is 0 Å². The van der Waals surface area contributed by atoms with Gasteiger partial charge in [-0.2, -0.15) is 0 Å². The summed E-state index contributed by atoms with van der Waals surface area (Å²) in [7, 11) is 0. The number of para-hydroxylation sites is 6. The number of oxazole rings is 2. The number of fused-ring (bicyclic) bond motifs is 5. The summed E-state index contributed by atoms with van der Waals surface area (Å²) in [6, 6.07) is 66.7. The second-order valence-electron chi connectivity index (χ2n) is 15.0. The monoisotopic (exact) mass is 768 g/mol. The van der Waals surface area contributed by atoms with Crippen molar-refractivity contribution in [2.75, 3.05) is 0 Å². The van der Waals surface area contributed by atoms with Crippen LogP contribution in [-0.4, -0.2) is 19.9 Å². The number of hydrogen-bond donors (Lipinski definition) is 0. The fourth-order valence-electron chi connectivity index (χ4n) is 8.49. The van der Waals surface area contributed by atoms with Gasteiger partial charge in [0.15, 0.2) is 11.2 Å². The first-order valence-corrected chi connectivity index (χ1v) is 20.0. The molecule has 0 saturated heterocycles. The van der Waals surface area contributed by atoms with Crippen molar-refractivity contribution in [3.63, 3.8) is 0 Å². The maximum atomic E-state index is 6.07. The highest BCUT2D eigenvalue weighted by Gasteiger charge is 2.20. The molecule has 0 radical (unpaired) electrons. The summed E-state index contributed by atoms with van der Waals surface area (Å²) in [4.78, 5) is 20.2. The minimum absolute atomic E-state index is 0.611. The van der Waals surface area contributed by atoms with Gasteiger partial charge in [0, 0.05) is 22.3 Å². The minimum atomic E-state index is 0.611. The molecule has 280 valence electrons. The SMILES string of the molecule is c1ccc2nc(-c3cccc4c(-c5ccc(-c6nc7ccccc7o6)cc5)cccc34)c(-c3cccc4c(-c5ccc(-c6nc7ccccc7o6)cc5)cccc34)nc2c1. The molecule has 6 nitrogen and oxygen atoms in total. The van der Waals surface area contributed by atoms with E-state index >= 15 is 0 Å². The molecular formula is C54H32N4O2. The van der Waals surface area contributed by atoms with Gasteiger partial charge in [0.2, 0.25) is 11.8 Å². The standard InChI is InChI=1S/C54H32N4O2/c1-2-20-46-45(19-1)55-51(43-17-9-13-39-37(11-7-15-41(39)43)33-25-29-35(30-26-33)53-57-47-21-3-5-23-49(47)59-53)52(56-46)44-18-10-14-40-38(12-8-16-42(40)44)34-27-31-36(32-28-34)54-58-48-22-4-6-24-50(48)60-54/h1-32H. The van der Waals surface area contributed by atoms with E-state index in [2.05, 4.69) is 121 Å². The Bertz CT molecular complexity index is 3300. The molecule has 0 fully saturated rings. The topological polar surface area (TPSA) is 77.8 Å². The molecule has 0 atom stereocenters. The first-order chi connectivity index (χ1) is 29.7. The summed E-state index contributed by atoms with van der Waals surface area (Å²) >= 11 is 0. The quantitative estimate of drug-likeness (QED) is 0.168. The molecule has 60 heavy (non-hydrogen) atoms. The molecule has 0 aliphatic rings. The maximum Gasteiger partial charge on any atom is 0.227 e. The van der Waals surface area contributed by atoms with Gasteiger partial charge < -0.3 is 8.83 Å². The lowest BCUT2D eigenvalue weighted by Gasteiger charge is -2.16. The Hall–Kier alpha value is -8.22. The molecule has 0 saturated carbocycles. The minimum Gasteiger partial charge on any atom is -0.436 e. The van der Waals surface area contributed by atoms with Crippen LogP contribution in [0.25, 0.3) is 122 Å². The van der Waals surface area contributed by atoms with Gasteiger partial charge in [0.25, 0.3) is 0 Å². The first-order valence-electron chi connectivity index (χ1n) is 20.0. The lowest BCUT2D eigenvalue weighted by atomic mass is 9.91. The van der Waals surface area contributed by atoms with Crippen LogP contribution in [0.5, 0.6) is 0 Å². The average molecular weight is 769 g/mol. The number of aromatic nitrogens is 4. The van der Waals surface area contributed by atoms with E-state index in [9.17, 15) is 0 Å².